The van der Waals surface area contributed by atoms with Crippen molar-refractivity contribution in [1.29, 1.82) is 0 Å². The van der Waals surface area contributed by atoms with Gasteiger partial charge in [-0.05, 0) is 49.2 Å². The van der Waals surface area contributed by atoms with Crippen LogP contribution in [0.1, 0.15) is 16.7 Å². The van der Waals surface area contributed by atoms with E-state index in [9.17, 15) is 4.79 Å². The number of carbonyl (C=O) groups is 1. The quantitative estimate of drug-likeness (QED) is 0.850. The van der Waals surface area contributed by atoms with Crippen LogP contribution in [-0.4, -0.2) is 20.1 Å². The van der Waals surface area contributed by atoms with Crippen LogP contribution in [-0.2, 0) is 4.79 Å². The summed E-state index contributed by atoms with van der Waals surface area (Å²) in [6, 6.07) is 11.4. The molecule has 0 saturated heterocycles. The van der Waals surface area contributed by atoms with Crippen molar-refractivity contribution in [2.45, 2.75) is 13.8 Å². The van der Waals surface area contributed by atoms with Gasteiger partial charge in [0.1, 0.15) is 11.5 Å². The highest BCUT2D eigenvalue weighted by Gasteiger charge is 2.07. The molecule has 0 aliphatic carbocycles. The normalized spacial score (nSPS) is 10.6. The molecule has 2 rings (SSSR count). The number of rotatable bonds is 5. The third kappa shape index (κ3) is 4.13. The molecule has 1 amide bonds. The van der Waals surface area contributed by atoms with E-state index in [4.69, 9.17) is 9.47 Å². The van der Waals surface area contributed by atoms with Gasteiger partial charge in [0.15, 0.2) is 0 Å². The molecule has 23 heavy (non-hydrogen) atoms. The highest BCUT2D eigenvalue weighted by atomic mass is 16.5. The molecule has 2 aromatic rings. The molecule has 0 atom stereocenters. The average Bonchev–Trinajstić information content (AvgIpc) is 2.55. The maximum atomic E-state index is 12.2. The highest BCUT2D eigenvalue weighted by molar-refractivity contribution is 6.02. The monoisotopic (exact) mass is 311 g/mol. The Morgan fingerprint density at radius 1 is 1.04 bits per heavy atom. The first-order valence-electron chi connectivity index (χ1n) is 7.32. The summed E-state index contributed by atoms with van der Waals surface area (Å²) in [4.78, 5) is 12.2. The molecule has 0 aliphatic heterocycles. The van der Waals surface area contributed by atoms with Crippen molar-refractivity contribution in [3.63, 3.8) is 0 Å². The largest absolute Gasteiger partial charge is 0.496 e. The molecule has 0 radical (unpaired) electrons. The maximum Gasteiger partial charge on any atom is 0.248 e. The van der Waals surface area contributed by atoms with Crippen molar-refractivity contribution in [3.8, 4) is 11.5 Å². The Morgan fingerprint density at radius 3 is 2.30 bits per heavy atom. The Kier molecular flexibility index (Phi) is 5.41. The van der Waals surface area contributed by atoms with Crippen molar-refractivity contribution in [1.82, 2.24) is 0 Å². The molecule has 0 aliphatic rings. The van der Waals surface area contributed by atoms with Crippen molar-refractivity contribution >= 4 is 17.7 Å². The first kappa shape index (κ1) is 16.6. The average molecular weight is 311 g/mol. The minimum absolute atomic E-state index is 0.202. The van der Waals surface area contributed by atoms with Gasteiger partial charge >= 0.3 is 0 Å². The summed E-state index contributed by atoms with van der Waals surface area (Å²) in [5, 5.41) is 2.89. The number of ether oxygens (including phenoxy) is 2. The standard InChI is InChI=1S/C19H21NO3/c1-13-8-9-14(2)16(12-13)20-19(21)11-10-15-17(22-3)6-5-7-18(15)23-4/h5-12H,1-4H3,(H,20,21)/b11-10+. The van der Waals surface area contributed by atoms with Gasteiger partial charge in [0.2, 0.25) is 5.91 Å². The van der Waals surface area contributed by atoms with Crippen LogP contribution in [0.25, 0.3) is 6.08 Å². The van der Waals surface area contributed by atoms with Gasteiger partial charge in [-0.25, -0.2) is 0 Å². The number of methoxy groups -OCH3 is 2. The lowest BCUT2D eigenvalue weighted by Crippen LogP contribution is -2.09. The van der Waals surface area contributed by atoms with E-state index in [0.29, 0.717) is 11.5 Å². The van der Waals surface area contributed by atoms with Crippen LogP contribution >= 0.6 is 0 Å². The van der Waals surface area contributed by atoms with Crippen LogP contribution < -0.4 is 14.8 Å². The first-order valence-corrected chi connectivity index (χ1v) is 7.32. The van der Waals surface area contributed by atoms with E-state index in [1.54, 1.807) is 20.3 Å². The second-order valence-corrected chi connectivity index (χ2v) is 5.22. The van der Waals surface area contributed by atoms with E-state index in [-0.39, 0.29) is 5.91 Å². The molecule has 0 bridgehead atoms. The topological polar surface area (TPSA) is 47.6 Å². The minimum Gasteiger partial charge on any atom is -0.496 e. The number of carbonyl (C=O) groups excluding carboxylic acids is 1. The molecule has 1 N–H and O–H groups in total. The van der Waals surface area contributed by atoms with Crippen LogP contribution in [0.4, 0.5) is 5.69 Å². The molecular weight excluding hydrogens is 290 g/mol. The molecule has 0 aromatic heterocycles. The molecule has 0 heterocycles. The van der Waals surface area contributed by atoms with E-state index < -0.39 is 0 Å². The Labute approximate surface area is 136 Å². The molecule has 0 spiro atoms. The zero-order valence-corrected chi connectivity index (χ0v) is 13.8. The summed E-state index contributed by atoms with van der Waals surface area (Å²) >= 11 is 0. The molecular formula is C19H21NO3. The van der Waals surface area contributed by atoms with Crippen LogP contribution in [0.15, 0.2) is 42.5 Å². The fourth-order valence-corrected chi connectivity index (χ4v) is 2.25. The van der Waals surface area contributed by atoms with Gasteiger partial charge in [-0.2, -0.15) is 0 Å². The molecule has 4 nitrogen and oxygen atoms in total. The van der Waals surface area contributed by atoms with E-state index in [1.165, 1.54) is 6.08 Å². The van der Waals surface area contributed by atoms with Crippen molar-refractivity contribution in [2.24, 2.45) is 0 Å². The van der Waals surface area contributed by atoms with Crippen LogP contribution in [0.2, 0.25) is 0 Å². The third-order valence-corrected chi connectivity index (χ3v) is 3.52. The molecule has 120 valence electrons. The molecule has 0 saturated carbocycles. The summed E-state index contributed by atoms with van der Waals surface area (Å²) in [6.45, 7) is 3.95. The van der Waals surface area contributed by atoms with Gasteiger partial charge < -0.3 is 14.8 Å². The van der Waals surface area contributed by atoms with Gasteiger partial charge in [-0.3, -0.25) is 4.79 Å². The predicted octanol–water partition coefficient (Wildman–Crippen LogP) is 3.97. The fourth-order valence-electron chi connectivity index (χ4n) is 2.25. The smallest absolute Gasteiger partial charge is 0.248 e. The van der Waals surface area contributed by atoms with Crippen molar-refractivity contribution < 1.29 is 14.3 Å². The molecule has 0 unspecified atom stereocenters. The zero-order valence-electron chi connectivity index (χ0n) is 13.8. The van der Waals surface area contributed by atoms with E-state index in [1.807, 2.05) is 50.2 Å². The van der Waals surface area contributed by atoms with Gasteiger partial charge in [0.05, 0.1) is 19.8 Å². The van der Waals surface area contributed by atoms with E-state index in [2.05, 4.69) is 5.32 Å². The Bertz CT molecular complexity index is 713. The molecule has 0 fully saturated rings. The lowest BCUT2D eigenvalue weighted by Gasteiger charge is -2.10. The van der Waals surface area contributed by atoms with Crippen LogP contribution in [0.3, 0.4) is 0 Å². The molecule has 4 heteroatoms. The Balaban J connectivity index is 2.20. The number of hydrogen-bond donors (Lipinski definition) is 1. The predicted molar refractivity (Wildman–Crippen MR) is 93.1 cm³/mol. The van der Waals surface area contributed by atoms with Crippen LogP contribution in [0.5, 0.6) is 11.5 Å². The van der Waals surface area contributed by atoms with Crippen molar-refractivity contribution in [3.05, 3.63) is 59.2 Å². The lowest BCUT2D eigenvalue weighted by atomic mass is 10.1. The number of nitrogens with one attached hydrogen (secondary N) is 1. The Morgan fingerprint density at radius 2 is 1.70 bits per heavy atom. The number of anilines is 1. The number of hydrogen-bond acceptors (Lipinski definition) is 3. The zero-order chi connectivity index (χ0) is 16.8. The van der Waals surface area contributed by atoms with Gasteiger partial charge in [-0.1, -0.05) is 18.2 Å². The summed E-state index contributed by atoms with van der Waals surface area (Å²) in [5.74, 6) is 1.10. The number of aryl methyl sites for hydroxylation is 2. The van der Waals surface area contributed by atoms with Gasteiger partial charge in [0.25, 0.3) is 0 Å². The first-order chi connectivity index (χ1) is 11.0. The van der Waals surface area contributed by atoms with E-state index in [0.717, 1.165) is 22.4 Å². The van der Waals surface area contributed by atoms with Crippen molar-refractivity contribution in [2.75, 3.05) is 19.5 Å². The van der Waals surface area contributed by atoms with Crippen LogP contribution in [0, 0.1) is 13.8 Å². The lowest BCUT2D eigenvalue weighted by molar-refractivity contribution is -0.111. The summed E-state index contributed by atoms with van der Waals surface area (Å²) < 4.78 is 10.6. The summed E-state index contributed by atoms with van der Waals surface area (Å²) in [7, 11) is 3.17. The number of amides is 1. The Hall–Kier alpha value is -2.75. The van der Waals surface area contributed by atoms with Gasteiger partial charge in [0, 0.05) is 11.8 Å². The fraction of sp³-hybridized carbons (Fsp3) is 0.211. The van der Waals surface area contributed by atoms with Gasteiger partial charge in [-0.15, -0.1) is 0 Å². The van der Waals surface area contributed by atoms with E-state index >= 15 is 0 Å². The SMILES string of the molecule is COc1cccc(OC)c1/C=C/C(=O)Nc1cc(C)ccc1C. The molecule has 2 aromatic carbocycles. The summed E-state index contributed by atoms with van der Waals surface area (Å²) in [5.41, 5.74) is 3.66. The minimum atomic E-state index is -0.202. The second-order valence-electron chi connectivity index (χ2n) is 5.22. The third-order valence-electron chi connectivity index (χ3n) is 3.52. The second kappa shape index (κ2) is 7.49. The summed E-state index contributed by atoms with van der Waals surface area (Å²) in [6.07, 6.45) is 3.17. The number of benzene rings is 2. The highest BCUT2D eigenvalue weighted by Crippen LogP contribution is 2.29. The maximum absolute atomic E-state index is 12.2.